The Hall–Kier alpha value is -1.55. The Morgan fingerprint density at radius 1 is 1.53 bits per heavy atom. The van der Waals surface area contributed by atoms with E-state index in [1.165, 1.54) is 0 Å². The van der Waals surface area contributed by atoms with Crippen molar-refractivity contribution in [3.8, 4) is 0 Å². The molecule has 0 aliphatic rings. The monoisotopic (exact) mass is 236 g/mol. The van der Waals surface area contributed by atoms with Crippen LogP contribution in [0.4, 0.5) is 5.69 Å². The van der Waals surface area contributed by atoms with Gasteiger partial charge < -0.3 is 15.8 Å². The fourth-order valence-electron chi connectivity index (χ4n) is 1.63. The molecular formula is C13H20N2O2. The Bertz CT molecular complexity index is 371. The molecule has 1 atom stereocenters. The van der Waals surface area contributed by atoms with Crippen LogP contribution in [0.25, 0.3) is 0 Å². The molecule has 1 aromatic rings. The summed E-state index contributed by atoms with van der Waals surface area (Å²) in [4.78, 5) is 12.0. The van der Waals surface area contributed by atoms with Crippen LogP contribution in [-0.4, -0.2) is 25.2 Å². The summed E-state index contributed by atoms with van der Waals surface area (Å²) in [6, 6.07) is 5.42. The second-order valence-corrected chi connectivity index (χ2v) is 4.07. The lowest BCUT2D eigenvalue weighted by Crippen LogP contribution is -2.36. The second-order valence-electron chi connectivity index (χ2n) is 4.07. The van der Waals surface area contributed by atoms with Gasteiger partial charge in [-0.25, -0.2) is 0 Å². The number of carbonyl (C=O) groups is 1. The summed E-state index contributed by atoms with van der Waals surface area (Å²) in [6.07, 6.45) is 0. The minimum Gasteiger partial charge on any atom is -0.398 e. The van der Waals surface area contributed by atoms with Gasteiger partial charge in [0.25, 0.3) is 5.91 Å². The van der Waals surface area contributed by atoms with E-state index in [0.29, 0.717) is 24.5 Å². The van der Waals surface area contributed by atoms with E-state index in [4.69, 9.17) is 10.5 Å². The Morgan fingerprint density at radius 3 is 2.82 bits per heavy atom. The number of nitrogens with one attached hydrogen (secondary N) is 1. The van der Waals surface area contributed by atoms with Gasteiger partial charge in [0.2, 0.25) is 0 Å². The summed E-state index contributed by atoms with van der Waals surface area (Å²) in [7, 11) is 0. The predicted octanol–water partition coefficient (Wildman–Crippen LogP) is 1.73. The fourth-order valence-corrected chi connectivity index (χ4v) is 1.63. The lowest BCUT2D eigenvalue weighted by atomic mass is 10.1. The zero-order valence-electron chi connectivity index (χ0n) is 10.6. The Labute approximate surface area is 102 Å². The van der Waals surface area contributed by atoms with Gasteiger partial charge in [0.1, 0.15) is 0 Å². The highest BCUT2D eigenvalue weighted by Crippen LogP contribution is 2.15. The van der Waals surface area contributed by atoms with Crippen LogP contribution in [0, 0.1) is 6.92 Å². The van der Waals surface area contributed by atoms with Crippen LogP contribution in [-0.2, 0) is 4.74 Å². The van der Waals surface area contributed by atoms with Crippen molar-refractivity contribution in [3.05, 3.63) is 29.3 Å². The normalized spacial score (nSPS) is 12.2. The molecule has 17 heavy (non-hydrogen) atoms. The van der Waals surface area contributed by atoms with Crippen molar-refractivity contribution >= 4 is 11.6 Å². The van der Waals surface area contributed by atoms with Gasteiger partial charge in [-0.3, -0.25) is 4.79 Å². The van der Waals surface area contributed by atoms with E-state index in [1.807, 2.05) is 32.9 Å². The maximum absolute atomic E-state index is 12.0. The lowest BCUT2D eigenvalue weighted by Gasteiger charge is -2.15. The SMILES string of the molecule is CCOCC(C)NC(=O)c1c(C)cccc1N. The molecule has 1 amide bonds. The zero-order chi connectivity index (χ0) is 12.8. The number of benzene rings is 1. The lowest BCUT2D eigenvalue weighted by molar-refractivity contribution is 0.0872. The van der Waals surface area contributed by atoms with Gasteiger partial charge in [0, 0.05) is 18.3 Å². The van der Waals surface area contributed by atoms with Gasteiger partial charge >= 0.3 is 0 Å². The largest absolute Gasteiger partial charge is 0.398 e. The van der Waals surface area contributed by atoms with E-state index >= 15 is 0 Å². The number of ether oxygens (including phenoxy) is 1. The van der Waals surface area contributed by atoms with Crippen LogP contribution in [0.15, 0.2) is 18.2 Å². The highest BCUT2D eigenvalue weighted by Gasteiger charge is 2.14. The first-order valence-electron chi connectivity index (χ1n) is 5.80. The number of rotatable bonds is 5. The van der Waals surface area contributed by atoms with Crippen molar-refractivity contribution in [1.29, 1.82) is 0 Å². The van der Waals surface area contributed by atoms with Crippen LogP contribution < -0.4 is 11.1 Å². The molecule has 0 aliphatic heterocycles. The summed E-state index contributed by atoms with van der Waals surface area (Å²) in [6.45, 7) is 6.86. The summed E-state index contributed by atoms with van der Waals surface area (Å²) in [5.74, 6) is -0.146. The van der Waals surface area contributed by atoms with Crippen molar-refractivity contribution in [2.24, 2.45) is 0 Å². The van der Waals surface area contributed by atoms with Gasteiger partial charge in [-0.05, 0) is 32.4 Å². The van der Waals surface area contributed by atoms with Crippen molar-refractivity contribution < 1.29 is 9.53 Å². The van der Waals surface area contributed by atoms with E-state index < -0.39 is 0 Å². The summed E-state index contributed by atoms with van der Waals surface area (Å²) < 4.78 is 5.25. The van der Waals surface area contributed by atoms with E-state index in [0.717, 1.165) is 5.56 Å². The van der Waals surface area contributed by atoms with Crippen LogP contribution in [0.1, 0.15) is 29.8 Å². The molecule has 1 unspecified atom stereocenters. The van der Waals surface area contributed by atoms with Gasteiger partial charge in [-0.1, -0.05) is 12.1 Å². The molecule has 94 valence electrons. The van der Waals surface area contributed by atoms with Crippen molar-refractivity contribution in [1.82, 2.24) is 5.32 Å². The Balaban J connectivity index is 2.70. The fraction of sp³-hybridized carbons (Fsp3) is 0.462. The molecule has 0 bridgehead atoms. The van der Waals surface area contributed by atoms with Crippen molar-refractivity contribution in [2.75, 3.05) is 18.9 Å². The van der Waals surface area contributed by atoms with Gasteiger partial charge in [-0.2, -0.15) is 0 Å². The molecule has 0 saturated carbocycles. The first-order chi connectivity index (χ1) is 8.06. The molecule has 0 saturated heterocycles. The highest BCUT2D eigenvalue weighted by atomic mass is 16.5. The summed E-state index contributed by atoms with van der Waals surface area (Å²) in [5.41, 5.74) is 7.74. The molecule has 1 rings (SSSR count). The van der Waals surface area contributed by atoms with Gasteiger partial charge in [-0.15, -0.1) is 0 Å². The minimum atomic E-state index is -0.146. The van der Waals surface area contributed by atoms with Crippen LogP contribution in [0.5, 0.6) is 0 Å². The second kappa shape index (κ2) is 6.25. The molecule has 0 fully saturated rings. The van der Waals surface area contributed by atoms with E-state index in [1.54, 1.807) is 6.07 Å². The van der Waals surface area contributed by atoms with E-state index in [9.17, 15) is 4.79 Å². The molecule has 0 aromatic heterocycles. The third kappa shape index (κ3) is 3.75. The third-order valence-electron chi connectivity index (χ3n) is 2.48. The minimum absolute atomic E-state index is 0.0264. The van der Waals surface area contributed by atoms with E-state index in [2.05, 4.69) is 5.32 Å². The standard InChI is InChI=1S/C13H20N2O2/c1-4-17-8-10(3)15-13(16)12-9(2)6-5-7-11(12)14/h5-7,10H,4,8,14H2,1-3H3,(H,15,16). The molecular weight excluding hydrogens is 216 g/mol. The number of carbonyl (C=O) groups excluding carboxylic acids is 1. The van der Waals surface area contributed by atoms with Gasteiger partial charge in [0.15, 0.2) is 0 Å². The number of anilines is 1. The average molecular weight is 236 g/mol. The number of amides is 1. The number of hydrogen-bond donors (Lipinski definition) is 2. The average Bonchev–Trinajstić information content (AvgIpc) is 2.26. The molecule has 0 aliphatic carbocycles. The third-order valence-corrected chi connectivity index (χ3v) is 2.48. The van der Waals surface area contributed by atoms with Crippen molar-refractivity contribution in [2.45, 2.75) is 26.8 Å². The number of nitrogen functional groups attached to an aromatic ring is 1. The van der Waals surface area contributed by atoms with Gasteiger partial charge in [0.05, 0.1) is 12.2 Å². The smallest absolute Gasteiger partial charge is 0.253 e. The topological polar surface area (TPSA) is 64.3 Å². The molecule has 4 nitrogen and oxygen atoms in total. The molecule has 4 heteroatoms. The number of nitrogens with two attached hydrogens (primary N) is 1. The molecule has 0 spiro atoms. The van der Waals surface area contributed by atoms with Crippen LogP contribution in [0.3, 0.4) is 0 Å². The Kier molecular flexibility index (Phi) is 4.97. The Morgan fingerprint density at radius 2 is 2.24 bits per heavy atom. The molecule has 0 radical (unpaired) electrons. The first-order valence-corrected chi connectivity index (χ1v) is 5.80. The predicted molar refractivity (Wildman–Crippen MR) is 69.0 cm³/mol. The molecule has 0 heterocycles. The highest BCUT2D eigenvalue weighted by molar-refractivity contribution is 6.00. The number of hydrogen-bond acceptors (Lipinski definition) is 3. The molecule has 3 N–H and O–H groups in total. The summed E-state index contributed by atoms with van der Waals surface area (Å²) in [5, 5.41) is 2.87. The maximum atomic E-state index is 12.0. The van der Waals surface area contributed by atoms with Crippen LogP contribution >= 0.6 is 0 Å². The van der Waals surface area contributed by atoms with Crippen LogP contribution in [0.2, 0.25) is 0 Å². The maximum Gasteiger partial charge on any atom is 0.253 e. The van der Waals surface area contributed by atoms with E-state index in [-0.39, 0.29) is 11.9 Å². The van der Waals surface area contributed by atoms with Crippen molar-refractivity contribution in [3.63, 3.8) is 0 Å². The molecule has 1 aromatic carbocycles. The summed E-state index contributed by atoms with van der Waals surface area (Å²) >= 11 is 0. The quantitative estimate of drug-likeness (QED) is 0.765. The first kappa shape index (κ1) is 13.5. The zero-order valence-corrected chi connectivity index (χ0v) is 10.6. The number of aryl methyl sites for hydroxylation is 1.